The Bertz CT molecular complexity index is 2560. The molecule has 262 valence electrons. The minimum atomic E-state index is 0.933. The standard InChI is InChI=1S/C50H52N2/c1-13-51-41-17-15-37(45-29(5)19-27(3)20-30(45)6)25-39(41)49-35(11)47(33(9)23-43(49)51)48-34(10)24-44-50(36(48)12)40-26-38(16-18-42(40)52(44)14-2)46-31(7)21-28(4)22-32(46)8/h15-26H,13-14H2,1-12H3. The Morgan fingerprint density at radius 1 is 0.365 bits per heavy atom. The second-order valence-corrected chi connectivity index (χ2v) is 15.7. The molecule has 2 aromatic heterocycles. The first-order chi connectivity index (χ1) is 24.8. The third-order valence-electron chi connectivity index (χ3n) is 12.0. The van der Waals surface area contributed by atoms with Crippen molar-refractivity contribution in [3.8, 4) is 33.4 Å². The van der Waals surface area contributed by atoms with Crippen LogP contribution in [0.5, 0.6) is 0 Å². The van der Waals surface area contributed by atoms with Crippen molar-refractivity contribution in [1.29, 1.82) is 0 Å². The summed E-state index contributed by atoms with van der Waals surface area (Å²) in [6, 6.07) is 28.5. The van der Waals surface area contributed by atoms with Gasteiger partial charge in [-0.2, -0.15) is 0 Å². The zero-order chi connectivity index (χ0) is 36.9. The average molecular weight is 681 g/mol. The van der Waals surface area contributed by atoms with Crippen LogP contribution in [-0.2, 0) is 13.1 Å². The Kier molecular flexibility index (Phi) is 8.03. The van der Waals surface area contributed by atoms with Crippen molar-refractivity contribution in [1.82, 2.24) is 9.13 Å². The fourth-order valence-corrected chi connectivity index (χ4v) is 10.3. The van der Waals surface area contributed by atoms with Gasteiger partial charge in [-0.15, -0.1) is 0 Å². The number of nitrogens with zero attached hydrogens (tertiary/aromatic N) is 2. The molecule has 0 fully saturated rings. The maximum Gasteiger partial charge on any atom is 0.0497 e. The zero-order valence-electron chi connectivity index (χ0n) is 33.2. The van der Waals surface area contributed by atoms with E-state index in [9.17, 15) is 0 Å². The molecule has 0 amide bonds. The van der Waals surface area contributed by atoms with Crippen molar-refractivity contribution in [2.24, 2.45) is 0 Å². The molecule has 0 aliphatic rings. The van der Waals surface area contributed by atoms with E-state index in [2.05, 4.69) is 165 Å². The van der Waals surface area contributed by atoms with Crippen LogP contribution in [0, 0.1) is 69.2 Å². The first kappa shape index (κ1) is 34.0. The molecule has 6 aromatic carbocycles. The Labute approximate surface area is 309 Å². The van der Waals surface area contributed by atoms with Gasteiger partial charge in [0.2, 0.25) is 0 Å². The lowest BCUT2D eigenvalue weighted by Crippen LogP contribution is -1.99. The molecular formula is C50H52N2. The molecule has 2 nitrogen and oxygen atoms in total. The van der Waals surface area contributed by atoms with E-state index in [1.54, 1.807) is 0 Å². The SMILES string of the molecule is CCn1c2ccc(-c3c(C)cc(C)cc3C)cc2c2c(C)c(-c3c(C)cc4c(c3C)c3cc(-c5c(C)cc(C)cc5C)ccc3n4CC)c(C)cc21. The van der Waals surface area contributed by atoms with Crippen molar-refractivity contribution >= 4 is 43.6 Å². The largest absolute Gasteiger partial charge is 0.341 e. The maximum atomic E-state index is 2.52. The monoisotopic (exact) mass is 680 g/mol. The number of aryl methyl sites for hydroxylation is 12. The van der Waals surface area contributed by atoms with Gasteiger partial charge in [0, 0.05) is 56.7 Å². The fraction of sp³-hybridized carbons (Fsp3) is 0.280. The topological polar surface area (TPSA) is 9.86 Å². The predicted octanol–water partition coefficient (Wildman–Crippen LogP) is 14.0. The van der Waals surface area contributed by atoms with Crippen LogP contribution in [0.4, 0.5) is 0 Å². The lowest BCUT2D eigenvalue weighted by atomic mass is 9.85. The normalized spacial score (nSPS) is 12.0. The first-order valence-corrected chi connectivity index (χ1v) is 19.1. The Morgan fingerprint density at radius 3 is 1.02 bits per heavy atom. The third-order valence-corrected chi connectivity index (χ3v) is 12.0. The van der Waals surface area contributed by atoms with Crippen molar-refractivity contribution in [3.05, 3.63) is 128 Å². The van der Waals surface area contributed by atoms with Crippen LogP contribution in [0.3, 0.4) is 0 Å². The Morgan fingerprint density at radius 2 is 0.692 bits per heavy atom. The minimum absolute atomic E-state index is 0.933. The minimum Gasteiger partial charge on any atom is -0.341 e. The van der Waals surface area contributed by atoms with Gasteiger partial charge in [0.05, 0.1) is 0 Å². The van der Waals surface area contributed by atoms with Crippen molar-refractivity contribution < 1.29 is 0 Å². The highest BCUT2D eigenvalue weighted by molar-refractivity contribution is 6.16. The van der Waals surface area contributed by atoms with Crippen LogP contribution >= 0.6 is 0 Å². The molecule has 0 saturated heterocycles. The lowest BCUT2D eigenvalue weighted by Gasteiger charge is -2.19. The highest BCUT2D eigenvalue weighted by Gasteiger charge is 2.23. The number of hydrogen-bond acceptors (Lipinski definition) is 0. The first-order valence-electron chi connectivity index (χ1n) is 19.1. The molecule has 8 aromatic rings. The van der Waals surface area contributed by atoms with E-state index < -0.39 is 0 Å². The summed E-state index contributed by atoms with van der Waals surface area (Å²) in [6.45, 7) is 29.2. The van der Waals surface area contributed by atoms with E-state index in [4.69, 9.17) is 0 Å². The fourth-order valence-electron chi connectivity index (χ4n) is 10.3. The van der Waals surface area contributed by atoms with Crippen LogP contribution < -0.4 is 0 Å². The van der Waals surface area contributed by atoms with Crippen LogP contribution in [0.15, 0.2) is 72.8 Å². The Balaban J connectivity index is 1.43. The molecule has 0 radical (unpaired) electrons. The molecule has 0 aliphatic heterocycles. The molecule has 52 heavy (non-hydrogen) atoms. The van der Waals surface area contributed by atoms with Crippen molar-refractivity contribution in [2.75, 3.05) is 0 Å². The van der Waals surface area contributed by atoms with Gasteiger partial charge in [-0.25, -0.2) is 0 Å². The molecule has 0 atom stereocenters. The summed E-state index contributed by atoms with van der Waals surface area (Å²) in [5.41, 5.74) is 26.8. The second kappa shape index (κ2) is 12.3. The summed E-state index contributed by atoms with van der Waals surface area (Å²) in [6.07, 6.45) is 0. The number of hydrogen-bond donors (Lipinski definition) is 0. The maximum absolute atomic E-state index is 2.52. The second-order valence-electron chi connectivity index (χ2n) is 15.7. The van der Waals surface area contributed by atoms with E-state index in [1.165, 1.54) is 133 Å². The van der Waals surface area contributed by atoms with Crippen LogP contribution in [0.1, 0.15) is 69.5 Å². The van der Waals surface area contributed by atoms with E-state index in [0.29, 0.717) is 0 Å². The smallest absolute Gasteiger partial charge is 0.0497 e. The molecule has 0 N–H and O–H groups in total. The zero-order valence-corrected chi connectivity index (χ0v) is 33.2. The van der Waals surface area contributed by atoms with Gasteiger partial charge < -0.3 is 9.13 Å². The van der Waals surface area contributed by atoms with E-state index >= 15 is 0 Å². The molecule has 0 aliphatic carbocycles. The van der Waals surface area contributed by atoms with Crippen molar-refractivity contribution in [2.45, 2.75) is 96.2 Å². The van der Waals surface area contributed by atoms with Crippen LogP contribution in [-0.4, -0.2) is 9.13 Å². The van der Waals surface area contributed by atoms with E-state index in [-0.39, 0.29) is 0 Å². The van der Waals surface area contributed by atoms with Gasteiger partial charge in [0.1, 0.15) is 0 Å². The van der Waals surface area contributed by atoms with Gasteiger partial charge in [-0.3, -0.25) is 0 Å². The molecule has 2 heteroatoms. The van der Waals surface area contributed by atoms with E-state index in [1.807, 2.05) is 0 Å². The molecule has 0 unspecified atom stereocenters. The van der Waals surface area contributed by atoms with Crippen LogP contribution in [0.2, 0.25) is 0 Å². The van der Waals surface area contributed by atoms with Crippen molar-refractivity contribution in [3.63, 3.8) is 0 Å². The molecule has 8 rings (SSSR count). The van der Waals surface area contributed by atoms with Gasteiger partial charge in [-0.05, 0) is 197 Å². The summed E-state index contributed by atoms with van der Waals surface area (Å²) in [5.74, 6) is 0. The summed E-state index contributed by atoms with van der Waals surface area (Å²) in [5, 5.41) is 5.45. The highest BCUT2D eigenvalue weighted by Crippen LogP contribution is 2.46. The summed E-state index contributed by atoms with van der Waals surface area (Å²) in [7, 11) is 0. The van der Waals surface area contributed by atoms with Gasteiger partial charge in [0.15, 0.2) is 0 Å². The number of aromatic nitrogens is 2. The summed E-state index contributed by atoms with van der Waals surface area (Å²) >= 11 is 0. The van der Waals surface area contributed by atoms with E-state index in [0.717, 1.165) is 13.1 Å². The summed E-state index contributed by atoms with van der Waals surface area (Å²) in [4.78, 5) is 0. The van der Waals surface area contributed by atoms with Crippen LogP contribution in [0.25, 0.3) is 77.0 Å². The number of fused-ring (bicyclic) bond motifs is 6. The molecule has 0 bridgehead atoms. The Hall–Kier alpha value is -5.08. The molecule has 0 saturated carbocycles. The molecular weight excluding hydrogens is 629 g/mol. The quantitative estimate of drug-likeness (QED) is 0.171. The number of rotatable bonds is 5. The van der Waals surface area contributed by atoms with Gasteiger partial charge >= 0.3 is 0 Å². The highest BCUT2D eigenvalue weighted by atomic mass is 15.0. The number of benzene rings is 6. The third kappa shape index (κ3) is 4.90. The molecule has 2 heterocycles. The van der Waals surface area contributed by atoms with Gasteiger partial charge in [-0.1, -0.05) is 47.5 Å². The molecule has 0 spiro atoms. The summed E-state index contributed by atoms with van der Waals surface area (Å²) < 4.78 is 5.03. The lowest BCUT2D eigenvalue weighted by molar-refractivity contribution is 0.826. The predicted molar refractivity (Wildman–Crippen MR) is 227 cm³/mol. The van der Waals surface area contributed by atoms with Gasteiger partial charge in [0.25, 0.3) is 0 Å². The average Bonchev–Trinajstić information content (AvgIpc) is 3.55.